The summed E-state index contributed by atoms with van der Waals surface area (Å²) in [5.74, 6) is 0.114. The number of aromatic nitrogens is 2. The van der Waals surface area contributed by atoms with E-state index >= 15 is 0 Å². The van der Waals surface area contributed by atoms with E-state index in [1.165, 1.54) is 0 Å². The molecular formula is C18H20ClN5O3. The lowest BCUT2D eigenvalue weighted by molar-refractivity contribution is 0.102. The highest BCUT2D eigenvalue weighted by atomic mass is 35.5. The fraction of sp³-hybridized carbons (Fsp3) is 0.333. The van der Waals surface area contributed by atoms with Crippen LogP contribution in [-0.2, 0) is 4.74 Å². The first-order valence-electron chi connectivity index (χ1n) is 8.63. The summed E-state index contributed by atoms with van der Waals surface area (Å²) < 4.78 is 5.01. The number of carbonyl (C=O) groups excluding carboxylic acids is 2. The number of halogens is 1. The van der Waals surface area contributed by atoms with Crippen LogP contribution < -0.4 is 10.2 Å². The van der Waals surface area contributed by atoms with E-state index < -0.39 is 0 Å². The maximum Gasteiger partial charge on any atom is 0.409 e. The Kier molecular flexibility index (Phi) is 6.08. The maximum atomic E-state index is 12.4. The first-order valence-corrected chi connectivity index (χ1v) is 9.01. The molecule has 1 N–H and O–H groups in total. The van der Waals surface area contributed by atoms with Crippen molar-refractivity contribution in [2.45, 2.75) is 6.92 Å². The van der Waals surface area contributed by atoms with Crippen molar-refractivity contribution in [3.63, 3.8) is 0 Å². The van der Waals surface area contributed by atoms with E-state index in [1.54, 1.807) is 48.4 Å². The molecule has 9 heteroatoms. The van der Waals surface area contributed by atoms with Gasteiger partial charge < -0.3 is 19.9 Å². The van der Waals surface area contributed by atoms with Gasteiger partial charge in [0.25, 0.3) is 5.91 Å². The molecule has 1 aromatic heterocycles. The number of benzene rings is 1. The largest absolute Gasteiger partial charge is 0.450 e. The number of nitrogens with zero attached hydrogens (tertiary/aromatic N) is 4. The molecule has 0 radical (unpaired) electrons. The molecule has 0 unspecified atom stereocenters. The fourth-order valence-corrected chi connectivity index (χ4v) is 2.88. The predicted molar refractivity (Wildman–Crippen MR) is 102 cm³/mol. The lowest BCUT2D eigenvalue weighted by Crippen LogP contribution is -2.49. The van der Waals surface area contributed by atoms with Crippen molar-refractivity contribution in [2.24, 2.45) is 0 Å². The fourth-order valence-electron chi connectivity index (χ4n) is 2.69. The molecule has 2 heterocycles. The Morgan fingerprint density at radius 3 is 2.70 bits per heavy atom. The molecule has 8 nitrogen and oxygen atoms in total. The first kappa shape index (κ1) is 18.9. The van der Waals surface area contributed by atoms with Crippen molar-refractivity contribution in [1.82, 2.24) is 14.9 Å². The van der Waals surface area contributed by atoms with Crippen molar-refractivity contribution in [3.05, 3.63) is 47.2 Å². The third-order valence-corrected chi connectivity index (χ3v) is 4.28. The number of piperazine rings is 1. The normalized spacial score (nSPS) is 14.0. The summed E-state index contributed by atoms with van der Waals surface area (Å²) in [5, 5.41) is 3.30. The van der Waals surface area contributed by atoms with Crippen molar-refractivity contribution >= 4 is 35.2 Å². The zero-order valence-corrected chi connectivity index (χ0v) is 15.6. The van der Waals surface area contributed by atoms with Gasteiger partial charge in [0.1, 0.15) is 5.69 Å². The van der Waals surface area contributed by atoms with Crippen molar-refractivity contribution in [1.29, 1.82) is 0 Å². The number of hydrogen-bond acceptors (Lipinski definition) is 6. The van der Waals surface area contributed by atoms with E-state index in [1.807, 2.05) is 4.90 Å². The van der Waals surface area contributed by atoms with Crippen molar-refractivity contribution in [2.75, 3.05) is 43.0 Å². The number of hydrogen-bond donors (Lipinski definition) is 1. The number of ether oxygens (including phenoxy) is 1. The molecule has 3 rings (SSSR count). The standard InChI is InChI=1S/C18H20ClN5O3/c1-2-27-18(26)24-10-8-23(9-11-24)17-20-7-6-15(22-17)16(25)21-14-5-3-4-13(19)12-14/h3-7,12H,2,8-11H2,1H3,(H,21,25). The Balaban J connectivity index is 1.64. The van der Waals surface area contributed by atoms with Crippen molar-refractivity contribution in [3.8, 4) is 0 Å². The van der Waals surface area contributed by atoms with Crippen LogP contribution in [0.15, 0.2) is 36.5 Å². The van der Waals surface area contributed by atoms with Crippen molar-refractivity contribution < 1.29 is 14.3 Å². The molecule has 142 valence electrons. The van der Waals surface area contributed by atoms with E-state index in [-0.39, 0.29) is 17.7 Å². The summed E-state index contributed by atoms with van der Waals surface area (Å²) in [6, 6.07) is 8.46. The second kappa shape index (κ2) is 8.68. The maximum absolute atomic E-state index is 12.4. The third kappa shape index (κ3) is 4.85. The van der Waals surface area contributed by atoms with Gasteiger partial charge in [-0.1, -0.05) is 17.7 Å². The van der Waals surface area contributed by atoms with E-state index in [4.69, 9.17) is 16.3 Å². The Morgan fingerprint density at radius 2 is 2.00 bits per heavy atom. The van der Waals surface area contributed by atoms with Gasteiger partial charge in [0.15, 0.2) is 0 Å². The zero-order chi connectivity index (χ0) is 19.2. The molecule has 1 saturated heterocycles. The smallest absolute Gasteiger partial charge is 0.409 e. The van der Waals surface area contributed by atoms with Gasteiger partial charge in [-0.3, -0.25) is 4.79 Å². The number of rotatable bonds is 4. The molecule has 1 fully saturated rings. The molecule has 1 aliphatic heterocycles. The average Bonchev–Trinajstić information content (AvgIpc) is 2.68. The molecule has 27 heavy (non-hydrogen) atoms. The number of carbonyl (C=O) groups is 2. The minimum Gasteiger partial charge on any atom is -0.450 e. The lowest BCUT2D eigenvalue weighted by atomic mass is 10.3. The second-order valence-electron chi connectivity index (χ2n) is 5.88. The van der Waals surface area contributed by atoms with Crippen LogP contribution in [0.4, 0.5) is 16.4 Å². The Hall–Kier alpha value is -2.87. The molecule has 2 aromatic rings. The van der Waals surface area contributed by atoms with Crippen LogP contribution in [0.1, 0.15) is 17.4 Å². The Morgan fingerprint density at radius 1 is 1.22 bits per heavy atom. The van der Waals surface area contributed by atoms with Gasteiger partial charge in [-0.2, -0.15) is 0 Å². The van der Waals surface area contributed by atoms with Gasteiger partial charge in [-0.25, -0.2) is 14.8 Å². The molecule has 0 aliphatic carbocycles. The van der Waals surface area contributed by atoms with Gasteiger partial charge in [0, 0.05) is 43.1 Å². The van der Waals surface area contributed by atoms with E-state index in [2.05, 4.69) is 15.3 Å². The third-order valence-electron chi connectivity index (χ3n) is 4.05. The zero-order valence-electron chi connectivity index (χ0n) is 14.9. The SMILES string of the molecule is CCOC(=O)N1CCN(c2nccc(C(=O)Nc3cccc(Cl)c3)n2)CC1. The molecule has 1 aliphatic rings. The summed E-state index contributed by atoms with van der Waals surface area (Å²) >= 11 is 5.93. The molecule has 0 spiro atoms. The molecule has 1 aromatic carbocycles. The van der Waals surface area contributed by atoms with Crippen LogP contribution in [0, 0.1) is 0 Å². The summed E-state index contributed by atoms with van der Waals surface area (Å²) in [6.07, 6.45) is 1.24. The lowest BCUT2D eigenvalue weighted by Gasteiger charge is -2.34. The van der Waals surface area contributed by atoms with E-state index in [0.717, 1.165) is 0 Å². The number of nitrogens with one attached hydrogen (secondary N) is 1. The van der Waals surface area contributed by atoms with Crippen LogP contribution in [0.5, 0.6) is 0 Å². The monoisotopic (exact) mass is 389 g/mol. The van der Waals surface area contributed by atoms with Crippen LogP contribution >= 0.6 is 11.6 Å². The summed E-state index contributed by atoms with van der Waals surface area (Å²) in [7, 11) is 0. The summed E-state index contributed by atoms with van der Waals surface area (Å²) in [6.45, 7) is 4.30. The van der Waals surface area contributed by atoms with Gasteiger partial charge in [-0.15, -0.1) is 0 Å². The predicted octanol–water partition coefficient (Wildman–Crippen LogP) is 2.66. The van der Waals surface area contributed by atoms with Crippen LogP contribution in [0.25, 0.3) is 0 Å². The minimum atomic E-state index is -0.342. The summed E-state index contributed by atoms with van der Waals surface area (Å²) in [5.41, 5.74) is 0.850. The van der Waals surface area contributed by atoms with Crippen LogP contribution in [0.3, 0.4) is 0 Å². The topological polar surface area (TPSA) is 87.7 Å². The molecule has 2 amide bonds. The van der Waals surface area contributed by atoms with E-state index in [9.17, 15) is 9.59 Å². The van der Waals surface area contributed by atoms with Gasteiger partial charge in [-0.05, 0) is 31.2 Å². The van der Waals surface area contributed by atoms with Crippen LogP contribution in [0.2, 0.25) is 5.02 Å². The Labute approximate surface area is 162 Å². The molecule has 0 bridgehead atoms. The quantitative estimate of drug-likeness (QED) is 0.864. The minimum absolute atomic E-state index is 0.257. The number of amides is 2. The highest BCUT2D eigenvalue weighted by Crippen LogP contribution is 2.16. The van der Waals surface area contributed by atoms with Crippen LogP contribution in [-0.4, -0.2) is 59.7 Å². The highest BCUT2D eigenvalue weighted by Gasteiger charge is 2.23. The van der Waals surface area contributed by atoms with E-state index in [0.29, 0.717) is 49.4 Å². The molecular weight excluding hydrogens is 370 g/mol. The second-order valence-corrected chi connectivity index (χ2v) is 6.32. The Bertz CT molecular complexity index is 824. The highest BCUT2D eigenvalue weighted by molar-refractivity contribution is 6.30. The molecule has 0 atom stereocenters. The van der Waals surface area contributed by atoms with Gasteiger partial charge in [0.05, 0.1) is 6.61 Å². The van der Waals surface area contributed by atoms with Gasteiger partial charge in [0.2, 0.25) is 5.95 Å². The average molecular weight is 390 g/mol. The summed E-state index contributed by atoms with van der Waals surface area (Å²) in [4.78, 5) is 36.4. The first-order chi connectivity index (χ1) is 13.1. The molecule has 0 saturated carbocycles. The number of anilines is 2. The van der Waals surface area contributed by atoms with Gasteiger partial charge >= 0.3 is 6.09 Å².